The van der Waals surface area contributed by atoms with Gasteiger partial charge in [0.1, 0.15) is 12.7 Å². The normalized spacial score (nSPS) is 18.3. The van der Waals surface area contributed by atoms with E-state index in [2.05, 4.69) is 15.4 Å². The second-order valence-corrected chi connectivity index (χ2v) is 8.50. The van der Waals surface area contributed by atoms with Crippen molar-refractivity contribution < 1.29 is 27.4 Å². The summed E-state index contributed by atoms with van der Waals surface area (Å²) >= 11 is 0. The average Bonchev–Trinajstić information content (AvgIpc) is 3.46. The lowest BCUT2D eigenvalue weighted by Crippen LogP contribution is -2.33. The summed E-state index contributed by atoms with van der Waals surface area (Å²) in [7, 11) is 0. The Morgan fingerprint density at radius 2 is 1.91 bits per heavy atom. The van der Waals surface area contributed by atoms with E-state index in [1.165, 1.54) is 23.4 Å². The molecule has 0 bridgehead atoms. The Morgan fingerprint density at radius 3 is 2.69 bits per heavy atom. The molecule has 35 heavy (non-hydrogen) atoms. The molecule has 8 nitrogen and oxygen atoms in total. The topological polar surface area (TPSA) is 81.5 Å². The van der Waals surface area contributed by atoms with E-state index in [1.807, 2.05) is 23.1 Å². The van der Waals surface area contributed by atoms with Gasteiger partial charge in [-0.05, 0) is 55.3 Å². The Hall–Kier alpha value is -3.60. The number of aromatic nitrogens is 3. The number of alkyl halides is 3. The van der Waals surface area contributed by atoms with E-state index in [0.717, 1.165) is 37.0 Å². The van der Waals surface area contributed by atoms with Crippen LogP contribution in [-0.2, 0) is 11.0 Å². The number of halogens is 3. The number of rotatable bonds is 5. The number of likely N-dealkylation sites (tertiary alicyclic amines) is 1. The largest absolute Gasteiger partial charge is 0.490 e. The molecule has 0 aliphatic carbocycles. The smallest absolute Gasteiger partial charge is 0.416 e. The number of hydrogen-bond acceptors (Lipinski definition) is 6. The lowest BCUT2D eigenvalue weighted by Gasteiger charge is -2.25. The molecule has 1 aromatic heterocycles. The van der Waals surface area contributed by atoms with Gasteiger partial charge in [0, 0.05) is 12.5 Å². The number of hydrogen-bond donors (Lipinski definition) is 1. The van der Waals surface area contributed by atoms with E-state index >= 15 is 0 Å². The van der Waals surface area contributed by atoms with Crippen molar-refractivity contribution in [3.8, 4) is 17.2 Å². The summed E-state index contributed by atoms with van der Waals surface area (Å²) in [5.41, 5.74) is 0.469. The summed E-state index contributed by atoms with van der Waals surface area (Å²) in [6, 6.07) is 8.95. The highest BCUT2D eigenvalue weighted by molar-refractivity contribution is 5.94. The van der Waals surface area contributed by atoms with Crippen LogP contribution in [0, 0.1) is 0 Å². The highest BCUT2D eigenvalue weighted by atomic mass is 19.4. The molecule has 0 spiro atoms. The monoisotopic (exact) mass is 487 g/mol. The quantitative estimate of drug-likeness (QED) is 0.581. The molecule has 2 aromatic carbocycles. The number of fused-ring (bicyclic) bond motifs is 1. The first-order valence-electron chi connectivity index (χ1n) is 11.4. The highest BCUT2D eigenvalue weighted by Gasteiger charge is 2.32. The molecule has 184 valence electrons. The SMILES string of the molecule is O=C(CN1CCCC1c1ccc2c(c1)OCCCO2)Nc1cc(C(F)(F)F)ccc1-n1cncn1. The van der Waals surface area contributed by atoms with Crippen LogP contribution in [-0.4, -0.2) is 51.9 Å². The molecule has 11 heteroatoms. The molecule has 1 atom stereocenters. The standard InChI is InChI=1S/C24H24F3N5O3/c25-24(26,27)17-5-6-20(32-15-28-14-29-32)18(12-17)30-23(33)13-31-8-1-3-19(31)16-4-7-21-22(11-16)35-10-2-9-34-21/h4-7,11-12,14-15,19H,1-3,8-10,13H2,(H,30,33). The van der Waals surface area contributed by atoms with Crippen molar-refractivity contribution >= 4 is 11.6 Å². The molecule has 0 radical (unpaired) electrons. The van der Waals surface area contributed by atoms with Crippen LogP contribution in [0.1, 0.15) is 36.4 Å². The molecule has 5 rings (SSSR count). The van der Waals surface area contributed by atoms with E-state index in [4.69, 9.17) is 9.47 Å². The van der Waals surface area contributed by atoms with Crippen LogP contribution in [0.5, 0.6) is 11.5 Å². The maximum atomic E-state index is 13.3. The molecular weight excluding hydrogens is 463 g/mol. The number of anilines is 1. The third-order valence-corrected chi connectivity index (χ3v) is 6.13. The minimum Gasteiger partial charge on any atom is -0.490 e. The van der Waals surface area contributed by atoms with E-state index in [1.54, 1.807) is 0 Å². The maximum Gasteiger partial charge on any atom is 0.416 e. The number of ether oxygens (including phenoxy) is 2. The fourth-order valence-corrected chi connectivity index (χ4v) is 4.50. The zero-order valence-electron chi connectivity index (χ0n) is 18.8. The Morgan fingerprint density at radius 1 is 1.09 bits per heavy atom. The number of carbonyl (C=O) groups is 1. The molecule has 0 saturated carbocycles. The first kappa shape index (κ1) is 23.2. The van der Waals surface area contributed by atoms with Gasteiger partial charge in [-0.25, -0.2) is 9.67 Å². The van der Waals surface area contributed by atoms with Crippen LogP contribution in [0.25, 0.3) is 5.69 Å². The van der Waals surface area contributed by atoms with Gasteiger partial charge < -0.3 is 14.8 Å². The highest BCUT2D eigenvalue weighted by Crippen LogP contribution is 2.38. The van der Waals surface area contributed by atoms with Crippen molar-refractivity contribution in [2.24, 2.45) is 0 Å². The molecule has 3 heterocycles. The predicted molar refractivity (Wildman–Crippen MR) is 121 cm³/mol. The van der Waals surface area contributed by atoms with Crippen molar-refractivity contribution in [2.45, 2.75) is 31.5 Å². The van der Waals surface area contributed by atoms with Gasteiger partial charge in [0.2, 0.25) is 5.91 Å². The van der Waals surface area contributed by atoms with Crippen molar-refractivity contribution in [3.05, 3.63) is 60.2 Å². The Labute approximate surface area is 199 Å². The second-order valence-electron chi connectivity index (χ2n) is 8.50. The number of nitrogens with zero attached hydrogens (tertiary/aromatic N) is 4. The number of nitrogens with one attached hydrogen (secondary N) is 1. The van der Waals surface area contributed by atoms with Crippen LogP contribution in [0.15, 0.2) is 49.1 Å². The van der Waals surface area contributed by atoms with Gasteiger partial charge in [-0.15, -0.1) is 0 Å². The lowest BCUT2D eigenvalue weighted by molar-refractivity contribution is -0.137. The molecule has 1 fully saturated rings. The van der Waals surface area contributed by atoms with Crippen molar-refractivity contribution in [2.75, 3.05) is 31.6 Å². The van der Waals surface area contributed by atoms with Crippen molar-refractivity contribution in [1.82, 2.24) is 19.7 Å². The summed E-state index contributed by atoms with van der Waals surface area (Å²) in [5.74, 6) is 0.989. The van der Waals surface area contributed by atoms with E-state index in [0.29, 0.717) is 36.9 Å². The fourth-order valence-electron chi connectivity index (χ4n) is 4.50. The first-order chi connectivity index (χ1) is 16.9. The summed E-state index contributed by atoms with van der Waals surface area (Å²) in [6.07, 6.45) is 0.663. The van der Waals surface area contributed by atoms with Crippen LogP contribution < -0.4 is 14.8 Å². The average molecular weight is 487 g/mol. The molecular formula is C24H24F3N5O3. The van der Waals surface area contributed by atoms with Crippen LogP contribution in [0.3, 0.4) is 0 Å². The van der Waals surface area contributed by atoms with Crippen LogP contribution in [0.4, 0.5) is 18.9 Å². The number of carbonyl (C=O) groups excluding carboxylic acids is 1. The number of benzene rings is 2. The Kier molecular flexibility index (Phi) is 6.33. The van der Waals surface area contributed by atoms with Gasteiger partial charge in [-0.2, -0.15) is 18.3 Å². The van der Waals surface area contributed by atoms with Gasteiger partial charge in [0.15, 0.2) is 11.5 Å². The molecule has 1 amide bonds. The maximum absolute atomic E-state index is 13.3. The van der Waals surface area contributed by atoms with Gasteiger partial charge in [-0.3, -0.25) is 9.69 Å². The molecule has 3 aromatic rings. The molecule has 2 aliphatic heterocycles. The zero-order chi connectivity index (χ0) is 24.4. The van der Waals surface area contributed by atoms with Gasteiger partial charge in [-0.1, -0.05) is 6.07 Å². The Bertz CT molecular complexity index is 1200. The fraction of sp³-hybridized carbons (Fsp3) is 0.375. The van der Waals surface area contributed by atoms with Crippen LogP contribution >= 0.6 is 0 Å². The van der Waals surface area contributed by atoms with E-state index < -0.39 is 17.6 Å². The summed E-state index contributed by atoms with van der Waals surface area (Å²) in [4.78, 5) is 18.9. The number of amides is 1. The molecule has 1 unspecified atom stereocenters. The zero-order valence-corrected chi connectivity index (χ0v) is 18.8. The first-order valence-corrected chi connectivity index (χ1v) is 11.4. The van der Waals surface area contributed by atoms with E-state index in [9.17, 15) is 18.0 Å². The second kappa shape index (κ2) is 9.57. The lowest BCUT2D eigenvalue weighted by atomic mass is 10.0. The van der Waals surface area contributed by atoms with E-state index in [-0.39, 0.29) is 18.3 Å². The van der Waals surface area contributed by atoms with Crippen LogP contribution in [0.2, 0.25) is 0 Å². The molecule has 1 N–H and O–H groups in total. The van der Waals surface area contributed by atoms with Gasteiger partial charge in [0.05, 0.1) is 36.7 Å². The van der Waals surface area contributed by atoms with Crippen molar-refractivity contribution in [3.63, 3.8) is 0 Å². The molecule has 1 saturated heterocycles. The minimum absolute atomic E-state index is 0.00537. The summed E-state index contributed by atoms with van der Waals surface area (Å²) in [6.45, 7) is 1.92. The Balaban J connectivity index is 1.34. The molecule has 2 aliphatic rings. The third-order valence-electron chi connectivity index (χ3n) is 6.13. The predicted octanol–water partition coefficient (Wildman–Crippen LogP) is 4.22. The summed E-state index contributed by atoms with van der Waals surface area (Å²) < 4.78 is 52.8. The summed E-state index contributed by atoms with van der Waals surface area (Å²) in [5, 5.41) is 6.64. The van der Waals surface area contributed by atoms with Crippen molar-refractivity contribution in [1.29, 1.82) is 0 Å². The van der Waals surface area contributed by atoms with Gasteiger partial charge in [0.25, 0.3) is 0 Å². The minimum atomic E-state index is -4.54. The third kappa shape index (κ3) is 5.09. The van der Waals surface area contributed by atoms with Gasteiger partial charge >= 0.3 is 6.18 Å².